The van der Waals surface area contributed by atoms with Crippen molar-refractivity contribution in [1.82, 2.24) is 24.3 Å². The number of hydrogen-bond donors (Lipinski definition) is 0. The predicted octanol–water partition coefficient (Wildman–Crippen LogP) is 3.42. The van der Waals surface area contributed by atoms with Crippen LogP contribution in [0, 0.1) is 13.8 Å². The Balaban J connectivity index is 1.74. The maximum atomic E-state index is 13.0. The molecule has 0 aliphatic rings. The van der Waals surface area contributed by atoms with E-state index in [0.29, 0.717) is 30.7 Å². The number of ketones is 1. The van der Waals surface area contributed by atoms with Crippen LogP contribution in [0.2, 0.25) is 0 Å². The molecule has 3 rings (SSSR count). The summed E-state index contributed by atoms with van der Waals surface area (Å²) in [5.74, 6) is 1.12. The third-order valence-corrected chi connectivity index (χ3v) is 6.08. The lowest BCUT2D eigenvalue weighted by molar-refractivity contribution is 0.102. The lowest BCUT2D eigenvalue weighted by Crippen LogP contribution is -2.10. The van der Waals surface area contributed by atoms with E-state index >= 15 is 0 Å². The summed E-state index contributed by atoms with van der Waals surface area (Å²) in [7, 11) is 3.36. The van der Waals surface area contributed by atoms with Crippen LogP contribution < -0.4 is 0 Å². The van der Waals surface area contributed by atoms with E-state index in [1.165, 1.54) is 11.8 Å². The van der Waals surface area contributed by atoms with Gasteiger partial charge in [0, 0.05) is 62.3 Å². The minimum atomic E-state index is 0.0860. The van der Waals surface area contributed by atoms with Gasteiger partial charge in [0.25, 0.3) is 0 Å². The van der Waals surface area contributed by atoms with Crippen LogP contribution in [0.4, 0.5) is 0 Å². The number of thioether (sulfide) groups is 1. The van der Waals surface area contributed by atoms with Crippen molar-refractivity contribution in [1.29, 1.82) is 0 Å². The molecule has 3 aromatic rings. The van der Waals surface area contributed by atoms with Crippen LogP contribution in [0.5, 0.6) is 0 Å². The summed E-state index contributed by atoms with van der Waals surface area (Å²) < 4.78 is 14.6. The molecule has 0 saturated carbocycles. The predicted molar refractivity (Wildman–Crippen MR) is 121 cm³/mol. The van der Waals surface area contributed by atoms with Gasteiger partial charge in [-0.05, 0) is 38.5 Å². The molecule has 0 spiro atoms. The first-order valence-electron chi connectivity index (χ1n) is 10.2. The van der Waals surface area contributed by atoms with E-state index in [-0.39, 0.29) is 5.78 Å². The van der Waals surface area contributed by atoms with Gasteiger partial charge in [-0.2, -0.15) is 0 Å². The van der Waals surface area contributed by atoms with Gasteiger partial charge in [-0.25, -0.2) is 0 Å². The molecule has 0 amide bonds. The molecule has 8 nitrogen and oxygen atoms in total. The van der Waals surface area contributed by atoms with Crippen molar-refractivity contribution in [2.45, 2.75) is 38.5 Å². The Morgan fingerprint density at radius 2 is 1.77 bits per heavy atom. The van der Waals surface area contributed by atoms with Gasteiger partial charge < -0.3 is 14.0 Å². The quantitative estimate of drug-likeness (QED) is 0.241. The summed E-state index contributed by atoms with van der Waals surface area (Å²) in [4.78, 5) is 17.0. The fraction of sp³-hybridized carbons (Fsp3) is 0.455. The van der Waals surface area contributed by atoms with Gasteiger partial charge in [0.1, 0.15) is 0 Å². The molecular formula is C22H29N5O3S. The standard InChI is InChI=1S/C22H29N5O3S/c1-16-14-19(17(2)26(16)10-5-12-29-3)20(28)15-31-22-25-24-21(27(22)11-13-30-4)18-6-8-23-9-7-18/h6-9,14H,5,10-13,15H2,1-4H3. The Hall–Kier alpha value is -2.49. The first kappa shape index (κ1) is 23.2. The monoisotopic (exact) mass is 443 g/mol. The highest BCUT2D eigenvalue weighted by Gasteiger charge is 2.19. The Bertz CT molecular complexity index is 1000. The first-order chi connectivity index (χ1) is 15.1. The van der Waals surface area contributed by atoms with Crippen LogP contribution >= 0.6 is 11.8 Å². The minimum absolute atomic E-state index is 0.0860. The normalized spacial score (nSPS) is 11.2. The number of hydrogen-bond acceptors (Lipinski definition) is 7. The van der Waals surface area contributed by atoms with E-state index in [4.69, 9.17) is 9.47 Å². The number of carbonyl (C=O) groups excluding carboxylic acids is 1. The molecule has 0 aromatic carbocycles. The molecule has 166 valence electrons. The average molecular weight is 444 g/mol. The summed E-state index contributed by atoms with van der Waals surface area (Å²) in [5.41, 5.74) is 3.78. The summed E-state index contributed by atoms with van der Waals surface area (Å²) in [6, 6.07) is 5.76. The number of ether oxygens (including phenoxy) is 2. The van der Waals surface area contributed by atoms with E-state index in [1.54, 1.807) is 26.6 Å². The number of aryl methyl sites for hydroxylation is 1. The lowest BCUT2D eigenvalue weighted by Gasteiger charge is -2.10. The lowest BCUT2D eigenvalue weighted by atomic mass is 10.2. The van der Waals surface area contributed by atoms with Crippen molar-refractivity contribution in [2.75, 3.05) is 33.2 Å². The van der Waals surface area contributed by atoms with Crippen molar-refractivity contribution < 1.29 is 14.3 Å². The second-order valence-electron chi connectivity index (χ2n) is 7.18. The molecule has 3 heterocycles. The molecule has 0 aliphatic heterocycles. The molecule has 3 aromatic heterocycles. The van der Waals surface area contributed by atoms with Crippen molar-refractivity contribution in [3.63, 3.8) is 0 Å². The molecule has 9 heteroatoms. The highest BCUT2D eigenvalue weighted by molar-refractivity contribution is 7.99. The number of rotatable bonds is 12. The smallest absolute Gasteiger partial charge is 0.192 e. The molecule has 0 saturated heterocycles. The zero-order chi connectivity index (χ0) is 22.2. The van der Waals surface area contributed by atoms with Crippen LogP contribution in [0.3, 0.4) is 0 Å². The molecule has 0 bridgehead atoms. The number of Topliss-reactive ketones (excluding diaryl/α,β-unsaturated/α-hetero) is 1. The summed E-state index contributed by atoms with van der Waals surface area (Å²) >= 11 is 1.40. The van der Waals surface area contributed by atoms with Crippen LogP contribution in [-0.4, -0.2) is 63.3 Å². The van der Waals surface area contributed by atoms with Gasteiger partial charge in [0.05, 0.1) is 18.9 Å². The highest BCUT2D eigenvalue weighted by atomic mass is 32.2. The van der Waals surface area contributed by atoms with E-state index in [0.717, 1.165) is 41.3 Å². The Morgan fingerprint density at radius 1 is 1.03 bits per heavy atom. The molecule has 0 radical (unpaired) electrons. The van der Waals surface area contributed by atoms with Crippen LogP contribution in [0.15, 0.2) is 35.7 Å². The summed E-state index contributed by atoms with van der Waals surface area (Å²) in [5, 5.41) is 9.38. The number of aromatic nitrogens is 5. The minimum Gasteiger partial charge on any atom is -0.385 e. The van der Waals surface area contributed by atoms with Gasteiger partial charge in [-0.1, -0.05) is 11.8 Å². The largest absolute Gasteiger partial charge is 0.385 e. The number of methoxy groups -OCH3 is 2. The van der Waals surface area contributed by atoms with Gasteiger partial charge in [-0.3, -0.25) is 14.3 Å². The maximum Gasteiger partial charge on any atom is 0.192 e. The Kier molecular flexibility index (Phi) is 8.39. The zero-order valence-electron chi connectivity index (χ0n) is 18.5. The molecule has 0 unspecified atom stereocenters. The topological polar surface area (TPSA) is 84.1 Å². The van der Waals surface area contributed by atoms with E-state index in [1.807, 2.05) is 36.6 Å². The van der Waals surface area contributed by atoms with Gasteiger partial charge in [0.2, 0.25) is 0 Å². The van der Waals surface area contributed by atoms with Gasteiger partial charge in [0.15, 0.2) is 16.8 Å². The highest BCUT2D eigenvalue weighted by Crippen LogP contribution is 2.25. The number of nitrogens with zero attached hydrogens (tertiary/aromatic N) is 5. The van der Waals surface area contributed by atoms with Crippen molar-refractivity contribution in [2.24, 2.45) is 0 Å². The van der Waals surface area contributed by atoms with Gasteiger partial charge >= 0.3 is 0 Å². The molecular weight excluding hydrogens is 414 g/mol. The molecule has 31 heavy (non-hydrogen) atoms. The van der Waals surface area contributed by atoms with Crippen molar-refractivity contribution in [3.05, 3.63) is 47.5 Å². The van der Waals surface area contributed by atoms with E-state index in [9.17, 15) is 4.79 Å². The number of carbonyl (C=O) groups is 1. The summed E-state index contributed by atoms with van der Waals surface area (Å²) in [6.45, 7) is 6.71. The zero-order valence-corrected chi connectivity index (χ0v) is 19.3. The number of pyridine rings is 1. The second kappa shape index (κ2) is 11.2. The Labute approximate surface area is 187 Å². The summed E-state index contributed by atoms with van der Waals surface area (Å²) in [6.07, 6.45) is 4.36. The molecule has 0 atom stereocenters. The molecule has 0 fully saturated rings. The van der Waals surface area contributed by atoms with Crippen molar-refractivity contribution >= 4 is 17.5 Å². The maximum absolute atomic E-state index is 13.0. The average Bonchev–Trinajstić information content (AvgIpc) is 3.32. The second-order valence-corrected chi connectivity index (χ2v) is 8.12. The van der Waals surface area contributed by atoms with E-state index in [2.05, 4.69) is 19.7 Å². The van der Waals surface area contributed by atoms with E-state index < -0.39 is 0 Å². The van der Waals surface area contributed by atoms with Crippen molar-refractivity contribution in [3.8, 4) is 11.4 Å². The third kappa shape index (κ3) is 5.61. The molecule has 0 aliphatic carbocycles. The van der Waals surface area contributed by atoms with Crippen LogP contribution in [0.1, 0.15) is 28.2 Å². The fourth-order valence-corrected chi connectivity index (χ4v) is 4.34. The van der Waals surface area contributed by atoms with Gasteiger partial charge in [-0.15, -0.1) is 10.2 Å². The first-order valence-corrected chi connectivity index (χ1v) is 11.2. The SMILES string of the molecule is COCCCn1c(C)cc(C(=O)CSc2nnc(-c3ccncc3)n2CCOC)c1C. The Morgan fingerprint density at radius 3 is 2.48 bits per heavy atom. The van der Waals surface area contributed by atoms with Crippen LogP contribution in [0.25, 0.3) is 11.4 Å². The van der Waals surface area contributed by atoms with Crippen LogP contribution in [-0.2, 0) is 22.6 Å². The third-order valence-electron chi connectivity index (χ3n) is 5.11. The fourth-order valence-electron chi connectivity index (χ4n) is 3.50. The molecule has 0 N–H and O–H groups in total.